The second-order valence-electron chi connectivity index (χ2n) is 3.74. The van der Waals surface area contributed by atoms with E-state index in [-0.39, 0.29) is 10.9 Å². The van der Waals surface area contributed by atoms with E-state index in [4.69, 9.17) is 11.6 Å². The smallest absolute Gasteiger partial charge is 0.222 e. The number of halogens is 2. The predicted octanol–water partition coefficient (Wildman–Crippen LogP) is 2.97. The summed E-state index contributed by atoms with van der Waals surface area (Å²) in [5, 5.41) is 13.1. The van der Waals surface area contributed by atoms with E-state index in [2.05, 4.69) is 20.8 Å². The zero-order chi connectivity index (χ0) is 13.8. The number of anilines is 3. The van der Waals surface area contributed by atoms with Crippen molar-refractivity contribution < 1.29 is 9.18 Å². The van der Waals surface area contributed by atoms with Crippen LogP contribution < -0.4 is 10.6 Å². The van der Waals surface area contributed by atoms with Crippen LogP contribution >= 0.6 is 11.6 Å². The minimum absolute atomic E-state index is 0.0211. The Morgan fingerprint density at radius 3 is 2.47 bits per heavy atom. The Morgan fingerprint density at radius 2 is 1.89 bits per heavy atom. The highest BCUT2D eigenvalue weighted by Crippen LogP contribution is 2.21. The van der Waals surface area contributed by atoms with Crippen LogP contribution in [-0.2, 0) is 4.79 Å². The summed E-state index contributed by atoms with van der Waals surface area (Å²) in [6.45, 7) is 1.38. The highest BCUT2D eigenvalue weighted by atomic mass is 35.5. The number of benzene rings is 1. The van der Waals surface area contributed by atoms with Gasteiger partial charge in [-0.2, -0.15) is 0 Å². The molecule has 1 aromatic heterocycles. The highest BCUT2D eigenvalue weighted by Gasteiger charge is 2.03. The van der Waals surface area contributed by atoms with E-state index >= 15 is 0 Å². The van der Waals surface area contributed by atoms with Gasteiger partial charge in [-0.1, -0.05) is 11.6 Å². The van der Waals surface area contributed by atoms with E-state index < -0.39 is 5.82 Å². The second kappa shape index (κ2) is 5.62. The van der Waals surface area contributed by atoms with Gasteiger partial charge < -0.3 is 10.6 Å². The van der Waals surface area contributed by atoms with Crippen molar-refractivity contribution in [3.05, 3.63) is 41.2 Å². The summed E-state index contributed by atoms with van der Waals surface area (Å²) in [6.07, 6.45) is 0. The molecule has 98 valence electrons. The lowest BCUT2D eigenvalue weighted by Gasteiger charge is -2.06. The fraction of sp³-hybridized carbons (Fsp3) is 0.0833. The Labute approximate surface area is 113 Å². The molecule has 1 aromatic carbocycles. The van der Waals surface area contributed by atoms with Crippen LogP contribution in [0.2, 0.25) is 5.02 Å². The molecule has 5 nitrogen and oxygen atoms in total. The van der Waals surface area contributed by atoms with E-state index in [0.29, 0.717) is 17.3 Å². The van der Waals surface area contributed by atoms with Crippen LogP contribution in [0.5, 0.6) is 0 Å². The lowest BCUT2D eigenvalue weighted by Crippen LogP contribution is -2.08. The lowest BCUT2D eigenvalue weighted by molar-refractivity contribution is -0.114. The van der Waals surface area contributed by atoms with Crippen LogP contribution in [0, 0.1) is 5.82 Å². The molecule has 7 heteroatoms. The van der Waals surface area contributed by atoms with Crippen LogP contribution in [0.15, 0.2) is 30.3 Å². The Morgan fingerprint density at radius 1 is 1.21 bits per heavy atom. The minimum atomic E-state index is -0.487. The number of carbonyl (C=O) groups excluding carboxylic acids is 1. The Balaban J connectivity index is 2.10. The van der Waals surface area contributed by atoms with E-state index in [1.165, 1.54) is 25.1 Å². The van der Waals surface area contributed by atoms with Gasteiger partial charge in [0.2, 0.25) is 5.91 Å². The van der Waals surface area contributed by atoms with Crippen LogP contribution in [0.25, 0.3) is 0 Å². The zero-order valence-corrected chi connectivity index (χ0v) is 10.7. The molecule has 2 N–H and O–H groups in total. The van der Waals surface area contributed by atoms with Gasteiger partial charge in [0.25, 0.3) is 0 Å². The molecule has 0 fully saturated rings. The summed E-state index contributed by atoms with van der Waals surface area (Å²) in [5.41, 5.74) is 0.591. The fourth-order valence-electron chi connectivity index (χ4n) is 1.37. The Kier molecular flexibility index (Phi) is 3.91. The van der Waals surface area contributed by atoms with E-state index in [0.717, 1.165) is 0 Å². The quantitative estimate of drug-likeness (QED) is 0.907. The van der Waals surface area contributed by atoms with Crippen LogP contribution in [0.4, 0.5) is 21.7 Å². The van der Waals surface area contributed by atoms with Crippen LogP contribution in [-0.4, -0.2) is 16.1 Å². The summed E-state index contributed by atoms with van der Waals surface area (Å²) in [5.74, 6) is 0.103. The van der Waals surface area contributed by atoms with Crippen molar-refractivity contribution in [2.24, 2.45) is 0 Å². The third kappa shape index (κ3) is 3.62. The first-order valence-corrected chi connectivity index (χ1v) is 5.76. The molecule has 0 aliphatic rings. The van der Waals surface area contributed by atoms with E-state index in [1.807, 2.05) is 0 Å². The van der Waals surface area contributed by atoms with Gasteiger partial charge >= 0.3 is 0 Å². The largest absolute Gasteiger partial charge is 0.339 e. The molecule has 0 unspecified atom stereocenters. The van der Waals surface area contributed by atoms with Gasteiger partial charge in [0, 0.05) is 12.6 Å². The van der Waals surface area contributed by atoms with Crippen LogP contribution in [0.1, 0.15) is 6.92 Å². The van der Waals surface area contributed by atoms with Crippen molar-refractivity contribution in [3.63, 3.8) is 0 Å². The lowest BCUT2D eigenvalue weighted by atomic mass is 10.3. The van der Waals surface area contributed by atoms with Gasteiger partial charge in [-0.25, -0.2) is 4.39 Å². The third-order valence-electron chi connectivity index (χ3n) is 2.16. The molecule has 0 spiro atoms. The molecule has 1 heterocycles. The Bertz CT molecular complexity index is 603. The summed E-state index contributed by atoms with van der Waals surface area (Å²) < 4.78 is 13.0. The molecule has 1 amide bonds. The summed E-state index contributed by atoms with van der Waals surface area (Å²) in [6, 6.07) is 7.46. The van der Waals surface area contributed by atoms with Gasteiger partial charge in [-0.05, 0) is 30.3 Å². The molecular formula is C12H10ClFN4O. The minimum Gasteiger partial charge on any atom is -0.339 e. The Hall–Kier alpha value is -2.21. The summed E-state index contributed by atoms with van der Waals surface area (Å²) >= 11 is 5.66. The van der Waals surface area contributed by atoms with Gasteiger partial charge in [0.15, 0.2) is 11.6 Å². The molecule has 0 radical (unpaired) electrons. The highest BCUT2D eigenvalue weighted by molar-refractivity contribution is 6.31. The van der Waals surface area contributed by atoms with Crippen molar-refractivity contribution in [2.75, 3.05) is 10.6 Å². The van der Waals surface area contributed by atoms with Crippen molar-refractivity contribution in [2.45, 2.75) is 6.92 Å². The summed E-state index contributed by atoms with van der Waals surface area (Å²) in [4.78, 5) is 10.8. The molecule has 0 aliphatic heterocycles. The topological polar surface area (TPSA) is 66.9 Å². The van der Waals surface area contributed by atoms with E-state index in [1.54, 1.807) is 12.1 Å². The monoisotopic (exact) mass is 280 g/mol. The summed E-state index contributed by atoms with van der Waals surface area (Å²) in [7, 11) is 0. The van der Waals surface area contributed by atoms with Crippen molar-refractivity contribution in [1.29, 1.82) is 0 Å². The normalized spacial score (nSPS) is 10.1. The maximum atomic E-state index is 13.0. The molecule has 0 bridgehead atoms. The number of nitrogens with one attached hydrogen (secondary N) is 2. The maximum absolute atomic E-state index is 13.0. The number of nitrogens with zero attached hydrogens (tertiary/aromatic N) is 2. The maximum Gasteiger partial charge on any atom is 0.222 e. The number of aromatic nitrogens is 2. The fourth-order valence-corrected chi connectivity index (χ4v) is 1.55. The SMILES string of the molecule is CC(=O)Nc1ccc(Nc2ccc(F)c(Cl)c2)nn1. The molecule has 0 saturated heterocycles. The molecular weight excluding hydrogens is 271 g/mol. The van der Waals surface area contributed by atoms with Gasteiger partial charge in [0.1, 0.15) is 5.82 Å². The molecule has 2 aromatic rings. The molecule has 0 saturated carbocycles. The van der Waals surface area contributed by atoms with Crippen molar-refractivity contribution in [1.82, 2.24) is 10.2 Å². The first-order valence-electron chi connectivity index (χ1n) is 5.38. The number of amides is 1. The van der Waals surface area contributed by atoms with Gasteiger partial charge in [-0.3, -0.25) is 4.79 Å². The number of hydrogen-bond acceptors (Lipinski definition) is 4. The third-order valence-corrected chi connectivity index (χ3v) is 2.45. The second-order valence-corrected chi connectivity index (χ2v) is 4.15. The zero-order valence-electron chi connectivity index (χ0n) is 9.95. The molecule has 2 rings (SSSR count). The average molecular weight is 281 g/mol. The molecule has 0 aliphatic carbocycles. The number of hydrogen-bond donors (Lipinski definition) is 2. The van der Waals surface area contributed by atoms with Crippen LogP contribution in [0.3, 0.4) is 0 Å². The molecule has 0 atom stereocenters. The number of rotatable bonds is 3. The van der Waals surface area contributed by atoms with Crippen molar-refractivity contribution >= 4 is 34.8 Å². The van der Waals surface area contributed by atoms with Gasteiger partial charge in [0.05, 0.1) is 5.02 Å². The van der Waals surface area contributed by atoms with Gasteiger partial charge in [-0.15, -0.1) is 10.2 Å². The first kappa shape index (κ1) is 13.2. The number of carbonyl (C=O) groups is 1. The predicted molar refractivity (Wildman–Crippen MR) is 71.0 cm³/mol. The standard InChI is InChI=1S/C12H10ClFN4O/c1-7(19)15-11-4-5-12(18-17-11)16-8-2-3-10(14)9(13)6-8/h2-6H,1H3,(H,16,18)(H,15,17,19). The molecule has 19 heavy (non-hydrogen) atoms. The average Bonchev–Trinajstić information content (AvgIpc) is 2.36. The first-order chi connectivity index (χ1) is 9.04. The van der Waals surface area contributed by atoms with Crippen molar-refractivity contribution in [3.8, 4) is 0 Å². The van der Waals surface area contributed by atoms with E-state index in [9.17, 15) is 9.18 Å².